The van der Waals surface area contributed by atoms with Crippen LogP contribution in [0.5, 0.6) is 11.5 Å². The van der Waals surface area contributed by atoms with Crippen molar-refractivity contribution in [3.8, 4) is 11.5 Å². The van der Waals surface area contributed by atoms with Gasteiger partial charge in [-0.15, -0.1) is 0 Å². The van der Waals surface area contributed by atoms with E-state index in [-0.39, 0.29) is 24.1 Å². The summed E-state index contributed by atoms with van der Waals surface area (Å²) in [4.78, 5) is 28.2. The number of rotatable bonds is 12. The maximum atomic E-state index is 12.2. The standard InChI is InChI=1S/C21H28N2O2.C13H17N3O2/c1-16(12-13-20(22-2)18-9-5-4-6-10-18)23-21(24)15-17-8-7-11-19(14-17)25-3;1-18-11-5-2-4-10(8-11)9-13(17)16-12(15)6-3-7-14/h7-8,11-14,18H,1,4-6,9-10,15H2,2-3H3,(H,23,24);2-8H,9,14-15H2,1H3,(H,16,17)/b13-12-,22-20?;7-3-,12-6+. The number of ether oxygens (including phenoxy) is 2. The summed E-state index contributed by atoms with van der Waals surface area (Å²) in [6, 6.07) is 14.8. The van der Waals surface area contributed by atoms with Gasteiger partial charge in [0, 0.05) is 24.4 Å². The van der Waals surface area contributed by atoms with E-state index in [1.807, 2.05) is 61.7 Å². The van der Waals surface area contributed by atoms with Gasteiger partial charge in [0.05, 0.1) is 27.1 Å². The number of carbonyl (C=O) groups excluding carboxylic acids is 2. The largest absolute Gasteiger partial charge is 0.497 e. The highest BCUT2D eigenvalue weighted by Crippen LogP contribution is 2.25. The average Bonchev–Trinajstić information content (AvgIpc) is 3.01. The monoisotopic (exact) mass is 587 g/mol. The van der Waals surface area contributed by atoms with E-state index in [1.165, 1.54) is 44.4 Å². The van der Waals surface area contributed by atoms with E-state index in [9.17, 15) is 9.59 Å². The number of benzene rings is 2. The fourth-order valence-corrected chi connectivity index (χ4v) is 4.58. The first-order valence-corrected chi connectivity index (χ1v) is 14.3. The van der Waals surface area contributed by atoms with Crippen LogP contribution < -0.4 is 31.6 Å². The van der Waals surface area contributed by atoms with Crippen molar-refractivity contribution in [1.29, 1.82) is 0 Å². The Hall–Kier alpha value is -4.79. The molecule has 2 aromatic rings. The molecule has 1 aliphatic carbocycles. The minimum absolute atomic E-state index is 0.0874. The molecule has 0 radical (unpaired) electrons. The Balaban J connectivity index is 0.000000317. The zero-order chi connectivity index (χ0) is 31.5. The molecular formula is C34H45N5O4. The number of hydrogen-bond donors (Lipinski definition) is 4. The third-order valence-corrected chi connectivity index (χ3v) is 6.71. The van der Waals surface area contributed by atoms with Crippen LogP contribution in [0.1, 0.15) is 43.2 Å². The van der Waals surface area contributed by atoms with Crippen molar-refractivity contribution >= 4 is 17.5 Å². The van der Waals surface area contributed by atoms with Gasteiger partial charge in [-0.25, -0.2) is 0 Å². The van der Waals surface area contributed by atoms with Crippen LogP contribution >= 0.6 is 0 Å². The fourth-order valence-electron chi connectivity index (χ4n) is 4.58. The van der Waals surface area contributed by atoms with Gasteiger partial charge >= 0.3 is 0 Å². The molecule has 1 fully saturated rings. The first-order valence-electron chi connectivity index (χ1n) is 14.3. The summed E-state index contributed by atoms with van der Waals surface area (Å²) >= 11 is 0. The average molecular weight is 588 g/mol. The Morgan fingerprint density at radius 3 is 2.00 bits per heavy atom. The highest BCUT2D eigenvalue weighted by atomic mass is 16.5. The maximum absolute atomic E-state index is 12.2. The zero-order valence-electron chi connectivity index (χ0n) is 25.5. The minimum Gasteiger partial charge on any atom is -0.497 e. The fraction of sp³-hybridized carbons (Fsp3) is 0.324. The van der Waals surface area contributed by atoms with Crippen molar-refractivity contribution in [3.05, 3.63) is 108 Å². The lowest BCUT2D eigenvalue weighted by atomic mass is 9.85. The summed E-state index contributed by atoms with van der Waals surface area (Å²) in [6.45, 7) is 3.92. The molecule has 0 bridgehead atoms. The van der Waals surface area contributed by atoms with Crippen LogP contribution in [-0.2, 0) is 22.4 Å². The molecule has 1 aliphatic rings. The van der Waals surface area contributed by atoms with Gasteiger partial charge in [-0.05, 0) is 78.7 Å². The molecule has 0 aliphatic heterocycles. The lowest BCUT2D eigenvalue weighted by Gasteiger charge is -2.21. The minimum atomic E-state index is -0.192. The van der Waals surface area contributed by atoms with Crippen LogP contribution in [0.4, 0.5) is 0 Å². The molecule has 9 nitrogen and oxygen atoms in total. The van der Waals surface area contributed by atoms with Gasteiger partial charge in [0.2, 0.25) is 11.8 Å². The summed E-state index contributed by atoms with van der Waals surface area (Å²) in [6.07, 6.45) is 15.0. The third kappa shape index (κ3) is 13.6. The van der Waals surface area contributed by atoms with E-state index in [0.717, 1.165) is 28.3 Å². The Labute approximate surface area is 255 Å². The van der Waals surface area contributed by atoms with Crippen molar-refractivity contribution in [2.75, 3.05) is 21.3 Å². The number of amides is 2. The summed E-state index contributed by atoms with van der Waals surface area (Å²) < 4.78 is 10.3. The Morgan fingerprint density at radius 1 is 0.930 bits per heavy atom. The van der Waals surface area contributed by atoms with Crippen molar-refractivity contribution in [3.63, 3.8) is 0 Å². The van der Waals surface area contributed by atoms with Gasteiger partial charge in [0.15, 0.2) is 0 Å². The van der Waals surface area contributed by atoms with Crippen LogP contribution in [0.25, 0.3) is 0 Å². The van der Waals surface area contributed by atoms with Crippen LogP contribution in [0.3, 0.4) is 0 Å². The number of nitrogens with two attached hydrogens (primary N) is 2. The summed E-state index contributed by atoms with van der Waals surface area (Å²) in [5, 5.41) is 5.39. The van der Waals surface area contributed by atoms with E-state index in [4.69, 9.17) is 20.9 Å². The summed E-state index contributed by atoms with van der Waals surface area (Å²) in [5.74, 6) is 1.98. The molecule has 6 N–H and O–H groups in total. The van der Waals surface area contributed by atoms with Gasteiger partial charge < -0.3 is 31.6 Å². The Kier molecular flexibility index (Phi) is 15.5. The zero-order valence-corrected chi connectivity index (χ0v) is 25.5. The predicted octanol–water partition coefficient (Wildman–Crippen LogP) is 4.70. The lowest BCUT2D eigenvalue weighted by Crippen LogP contribution is -2.28. The normalized spacial score (nSPS) is 14.1. The second kappa shape index (κ2) is 19.4. The van der Waals surface area contributed by atoms with Gasteiger partial charge in [0.25, 0.3) is 0 Å². The molecule has 0 heterocycles. The van der Waals surface area contributed by atoms with Crippen LogP contribution in [0.2, 0.25) is 0 Å². The van der Waals surface area contributed by atoms with Crippen LogP contribution in [0.15, 0.2) is 102 Å². The molecule has 230 valence electrons. The highest BCUT2D eigenvalue weighted by molar-refractivity contribution is 5.97. The molecule has 3 rings (SSSR count). The topological polar surface area (TPSA) is 141 Å². The molecule has 9 heteroatoms. The van der Waals surface area contributed by atoms with Crippen molar-refractivity contribution in [2.24, 2.45) is 22.4 Å². The van der Waals surface area contributed by atoms with Gasteiger partial charge in [0.1, 0.15) is 17.3 Å². The quantitative estimate of drug-likeness (QED) is 0.210. The predicted molar refractivity (Wildman–Crippen MR) is 173 cm³/mol. The number of carbonyl (C=O) groups is 2. The molecule has 1 saturated carbocycles. The number of aliphatic imine (C=N–C) groups is 1. The first-order chi connectivity index (χ1) is 20.8. The van der Waals surface area contributed by atoms with Crippen molar-refractivity contribution in [1.82, 2.24) is 10.6 Å². The molecule has 0 spiro atoms. The van der Waals surface area contributed by atoms with Gasteiger partial charge in [-0.2, -0.15) is 0 Å². The number of nitrogens with one attached hydrogen (secondary N) is 2. The molecular weight excluding hydrogens is 542 g/mol. The number of nitrogens with zero attached hydrogens (tertiary/aromatic N) is 1. The molecule has 2 aromatic carbocycles. The van der Waals surface area contributed by atoms with Crippen molar-refractivity contribution in [2.45, 2.75) is 44.9 Å². The number of allylic oxidation sites excluding steroid dienone is 4. The maximum Gasteiger partial charge on any atom is 0.229 e. The van der Waals surface area contributed by atoms with E-state index < -0.39 is 0 Å². The van der Waals surface area contributed by atoms with E-state index in [1.54, 1.807) is 26.4 Å². The second-order valence-electron chi connectivity index (χ2n) is 10.0. The smallest absolute Gasteiger partial charge is 0.229 e. The molecule has 2 amide bonds. The summed E-state index contributed by atoms with van der Waals surface area (Å²) in [5.41, 5.74) is 14.2. The van der Waals surface area contributed by atoms with Crippen molar-refractivity contribution < 1.29 is 19.1 Å². The number of methoxy groups -OCH3 is 2. The SMILES string of the molecule is C=C(/C=C\C(=NC)C1CCCCC1)NC(=O)Cc1cccc(OC)c1.COc1cccc(CC(=O)N/C(N)=C/C=C\N)c1. The third-order valence-electron chi connectivity index (χ3n) is 6.71. The van der Waals surface area contributed by atoms with E-state index in [0.29, 0.717) is 18.0 Å². The first kappa shape index (κ1) is 34.4. The Morgan fingerprint density at radius 2 is 1.49 bits per heavy atom. The molecule has 0 unspecified atom stereocenters. The highest BCUT2D eigenvalue weighted by Gasteiger charge is 2.17. The van der Waals surface area contributed by atoms with Crippen LogP contribution in [-0.4, -0.2) is 38.8 Å². The summed E-state index contributed by atoms with van der Waals surface area (Å²) in [7, 11) is 5.03. The van der Waals surface area contributed by atoms with E-state index in [2.05, 4.69) is 22.2 Å². The van der Waals surface area contributed by atoms with E-state index >= 15 is 0 Å². The van der Waals surface area contributed by atoms with Gasteiger partial charge in [-0.1, -0.05) is 50.1 Å². The Bertz CT molecular complexity index is 1320. The lowest BCUT2D eigenvalue weighted by molar-refractivity contribution is -0.120. The molecule has 43 heavy (non-hydrogen) atoms. The molecule has 0 aromatic heterocycles. The molecule has 0 atom stereocenters. The number of hydrogen-bond acceptors (Lipinski definition) is 7. The van der Waals surface area contributed by atoms with Gasteiger partial charge in [-0.3, -0.25) is 14.6 Å². The second-order valence-corrected chi connectivity index (χ2v) is 10.0. The van der Waals surface area contributed by atoms with Crippen LogP contribution in [0, 0.1) is 5.92 Å². The molecule has 0 saturated heterocycles.